The lowest BCUT2D eigenvalue weighted by atomic mass is 10.2. The number of aryl methyl sites for hydroxylation is 1. The van der Waals surface area contributed by atoms with Crippen molar-refractivity contribution in [1.29, 1.82) is 0 Å². The molecule has 0 aliphatic carbocycles. The highest BCUT2D eigenvalue weighted by atomic mass is 32.1. The number of nitrogens with one attached hydrogen (secondary N) is 1. The van der Waals surface area contributed by atoms with Gasteiger partial charge in [0.1, 0.15) is 11.7 Å². The Bertz CT molecular complexity index is 742. The zero-order chi connectivity index (χ0) is 15.1. The minimum atomic E-state index is -0.431. The second kappa shape index (κ2) is 4.96. The van der Waals surface area contributed by atoms with Crippen LogP contribution in [0, 0.1) is 17.0 Å². The van der Waals surface area contributed by atoms with Gasteiger partial charge in [0.2, 0.25) is 5.91 Å². The normalized spacial score (nSPS) is 18.5. The first-order chi connectivity index (χ1) is 9.95. The van der Waals surface area contributed by atoms with Crippen LogP contribution < -0.4 is 5.32 Å². The Balaban J connectivity index is 2.01. The van der Waals surface area contributed by atoms with Gasteiger partial charge in [0.05, 0.1) is 20.1 Å². The zero-order valence-electron chi connectivity index (χ0n) is 11.6. The van der Waals surface area contributed by atoms with Crippen molar-refractivity contribution in [2.45, 2.75) is 19.4 Å². The number of likely N-dealkylation sites (N-methyl/N-ethyl adjacent to an activating group) is 1. The summed E-state index contributed by atoms with van der Waals surface area (Å²) in [5.41, 5.74) is 1.05. The number of carbonyl (C=O) groups is 1. The van der Waals surface area contributed by atoms with Crippen LogP contribution in [0.5, 0.6) is 0 Å². The van der Waals surface area contributed by atoms with E-state index in [2.05, 4.69) is 10.3 Å². The van der Waals surface area contributed by atoms with E-state index >= 15 is 0 Å². The number of hydrogen-bond donors (Lipinski definition) is 1. The van der Waals surface area contributed by atoms with E-state index in [4.69, 9.17) is 0 Å². The van der Waals surface area contributed by atoms with Crippen molar-refractivity contribution < 1.29 is 9.72 Å². The number of amides is 1. The van der Waals surface area contributed by atoms with Crippen LogP contribution in [-0.4, -0.2) is 40.3 Å². The Morgan fingerprint density at radius 2 is 2.29 bits per heavy atom. The zero-order valence-corrected chi connectivity index (χ0v) is 12.4. The van der Waals surface area contributed by atoms with Crippen molar-refractivity contribution in [2.75, 3.05) is 18.9 Å². The number of anilines is 1. The Morgan fingerprint density at radius 3 is 2.90 bits per heavy atom. The number of rotatable bonds is 3. The number of fused-ring (bicyclic) bond motifs is 1. The summed E-state index contributed by atoms with van der Waals surface area (Å²) < 4.78 is 0.777. The van der Waals surface area contributed by atoms with E-state index in [0.717, 1.165) is 9.71 Å². The topological polar surface area (TPSA) is 88.4 Å². The van der Waals surface area contributed by atoms with Crippen molar-refractivity contribution in [1.82, 2.24) is 9.88 Å². The van der Waals surface area contributed by atoms with Crippen LogP contribution in [-0.2, 0) is 4.79 Å². The summed E-state index contributed by atoms with van der Waals surface area (Å²) in [6, 6.07) is 2.76. The highest BCUT2D eigenvalue weighted by Crippen LogP contribution is 2.34. The van der Waals surface area contributed by atoms with Gasteiger partial charge in [0.15, 0.2) is 0 Å². The first kappa shape index (κ1) is 13.7. The monoisotopic (exact) mass is 306 g/mol. The Labute approximate surface area is 124 Å². The molecule has 3 rings (SSSR count). The molecule has 1 amide bonds. The third-order valence-electron chi connectivity index (χ3n) is 3.57. The van der Waals surface area contributed by atoms with Gasteiger partial charge in [-0.1, -0.05) is 0 Å². The maximum Gasteiger partial charge on any atom is 0.293 e. The average molecular weight is 306 g/mol. The molecule has 2 heterocycles. The predicted octanol–water partition coefficient (Wildman–Crippen LogP) is 2.16. The maximum atomic E-state index is 11.9. The van der Waals surface area contributed by atoms with Gasteiger partial charge in [-0.25, -0.2) is 4.98 Å². The number of carbonyl (C=O) groups excluding carboxylic acids is 1. The second-order valence-corrected chi connectivity index (χ2v) is 6.31. The molecule has 1 atom stereocenters. The summed E-state index contributed by atoms with van der Waals surface area (Å²) in [6.07, 6.45) is 0.640. The summed E-state index contributed by atoms with van der Waals surface area (Å²) in [4.78, 5) is 28.7. The molecule has 1 saturated heterocycles. The third kappa shape index (κ3) is 2.42. The van der Waals surface area contributed by atoms with E-state index in [9.17, 15) is 14.9 Å². The Hall–Kier alpha value is -2.22. The van der Waals surface area contributed by atoms with Gasteiger partial charge in [-0.05, 0) is 19.4 Å². The van der Waals surface area contributed by atoms with Crippen molar-refractivity contribution in [3.8, 4) is 0 Å². The summed E-state index contributed by atoms with van der Waals surface area (Å²) in [6.45, 7) is 2.52. The number of nitro groups is 1. The van der Waals surface area contributed by atoms with E-state index in [-0.39, 0.29) is 11.6 Å². The summed E-state index contributed by atoms with van der Waals surface area (Å²) in [5, 5.41) is 15.1. The number of aromatic nitrogens is 1. The van der Waals surface area contributed by atoms with Crippen molar-refractivity contribution in [3.05, 3.63) is 27.3 Å². The Morgan fingerprint density at radius 1 is 1.52 bits per heavy atom. The first-order valence-electron chi connectivity index (χ1n) is 6.53. The summed E-state index contributed by atoms with van der Waals surface area (Å²) >= 11 is 1.42. The van der Waals surface area contributed by atoms with Gasteiger partial charge >= 0.3 is 0 Å². The van der Waals surface area contributed by atoms with E-state index in [0.29, 0.717) is 24.2 Å². The van der Waals surface area contributed by atoms with Crippen LogP contribution >= 0.6 is 11.3 Å². The fraction of sp³-hybridized carbons (Fsp3) is 0.385. The molecule has 1 aromatic carbocycles. The van der Waals surface area contributed by atoms with E-state index in [1.807, 2.05) is 6.92 Å². The number of thiazole rings is 1. The highest BCUT2D eigenvalue weighted by Gasteiger charge is 2.30. The van der Waals surface area contributed by atoms with Crippen LogP contribution in [0.2, 0.25) is 0 Å². The van der Waals surface area contributed by atoms with E-state index in [1.54, 1.807) is 18.0 Å². The summed E-state index contributed by atoms with van der Waals surface area (Å²) in [5.74, 6) is -0.0427. The standard InChI is InChI=1S/C13H14N4O3S/c1-7-14-10-5-9(11(17(19)20)6-12(10)21-7)15-8-3-4-16(2)13(8)18/h5-6,8,15H,3-4H2,1-2H3. The van der Waals surface area contributed by atoms with E-state index < -0.39 is 11.0 Å². The highest BCUT2D eigenvalue weighted by molar-refractivity contribution is 7.18. The lowest BCUT2D eigenvalue weighted by Gasteiger charge is -2.13. The molecule has 7 nitrogen and oxygen atoms in total. The molecule has 2 aromatic rings. The summed E-state index contributed by atoms with van der Waals surface area (Å²) in [7, 11) is 1.73. The first-order valence-corrected chi connectivity index (χ1v) is 7.34. The number of benzene rings is 1. The number of nitrogens with zero attached hydrogens (tertiary/aromatic N) is 3. The smallest absolute Gasteiger partial charge is 0.293 e. The van der Waals surface area contributed by atoms with Gasteiger partial charge < -0.3 is 10.2 Å². The molecular formula is C13H14N4O3S. The van der Waals surface area contributed by atoms with Crippen molar-refractivity contribution in [2.24, 2.45) is 0 Å². The Kier molecular flexibility index (Phi) is 3.25. The second-order valence-electron chi connectivity index (χ2n) is 5.07. The van der Waals surface area contributed by atoms with Gasteiger partial charge in [-0.3, -0.25) is 14.9 Å². The average Bonchev–Trinajstić information content (AvgIpc) is 2.93. The molecule has 1 N–H and O–H groups in total. The molecule has 0 radical (unpaired) electrons. The van der Waals surface area contributed by atoms with E-state index in [1.165, 1.54) is 17.4 Å². The quantitative estimate of drug-likeness (QED) is 0.693. The molecule has 8 heteroatoms. The molecule has 0 saturated carbocycles. The van der Waals surface area contributed by atoms with Crippen molar-refractivity contribution in [3.63, 3.8) is 0 Å². The largest absolute Gasteiger partial charge is 0.368 e. The molecule has 21 heavy (non-hydrogen) atoms. The lowest BCUT2D eigenvalue weighted by molar-refractivity contribution is -0.383. The lowest BCUT2D eigenvalue weighted by Crippen LogP contribution is -2.31. The van der Waals surface area contributed by atoms with Gasteiger partial charge in [-0.15, -0.1) is 11.3 Å². The van der Waals surface area contributed by atoms with Gasteiger partial charge in [0, 0.05) is 19.7 Å². The predicted molar refractivity (Wildman–Crippen MR) is 80.7 cm³/mol. The molecule has 1 aliphatic rings. The molecule has 1 unspecified atom stereocenters. The molecular weight excluding hydrogens is 292 g/mol. The minimum absolute atomic E-state index is 0.0199. The number of hydrogen-bond acceptors (Lipinski definition) is 6. The molecule has 1 aromatic heterocycles. The van der Waals surface area contributed by atoms with Crippen LogP contribution in [0.1, 0.15) is 11.4 Å². The molecule has 110 valence electrons. The number of nitro benzene ring substituents is 1. The molecule has 0 bridgehead atoms. The van der Waals surface area contributed by atoms with Crippen LogP contribution in [0.15, 0.2) is 12.1 Å². The minimum Gasteiger partial charge on any atom is -0.368 e. The molecule has 1 fully saturated rings. The SMILES string of the molecule is Cc1nc2cc(NC3CCN(C)C3=O)c([N+](=O)[O-])cc2s1. The van der Waals surface area contributed by atoms with Crippen LogP contribution in [0.3, 0.4) is 0 Å². The molecule has 0 spiro atoms. The maximum absolute atomic E-state index is 11.9. The van der Waals surface area contributed by atoms with Gasteiger partial charge in [0.25, 0.3) is 5.69 Å². The van der Waals surface area contributed by atoms with Gasteiger partial charge in [-0.2, -0.15) is 0 Å². The molecule has 1 aliphatic heterocycles. The van der Waals surface area contributed by atoms with Crippen LogP contribution in [0.4, 0.5) is 11.4 Å². The fourth-order valence-electron chi connectivity index (χ4n) is 2.49. The number of likely N-dealkylation sites (tertiary alicyclic amines) is 1. The van der Waals surface area contributed by atoms with Crippen LogP contribution in [0.25, 0.3) is 10.2 Å². The third-order valence-corrected chi connectivity index (χ3v) is 4.50. The van der Waals surface area contributed by atoms with Crippen molar-refractivity contribution >= 4 is 38.8 Å². The fourth-order valence-corrected chi connectivity index (χ4v) is 3.33.